The quantitative estimate of drug-likeness (QED) is 0.795. The van der Waals surface area contributed by atoms with Crippen LogP contribution in [0.5, 0.6) is 0 Å². The average molecular weight is 234 g/mol. The Hall–Kier alpha value is -0.930. The van der Waals surface area contributed by atoms with E-state index in [1.54, 1.807) is 7.11 Å². The maximum atomic E-state index is 6.31. The van der Waals surface area contributed by atoms with Crippen LogP contribution in [-0.2, 0) is 11.2 Å². The van der Waals surface area contributed by atoms with Gasteiger partial charge in [0.15, 0.2) is 0 Å². The van der Waals surface area contributed by atoms with E-state index in [1.807, 2.05) is 12.3 Å². The molecule has 17 heavy (non-hydrogen) atoms. The number of hydrogen-bond acceptors (Lipinski definition) is 3. The van der Waals surface area contributed by atoms with Crippen LogP contribution < -0.4 is 5.73 Å². The molecule has 0 spiro atoms. The molecule has 1 aliphatic carbocycles. The second kappa shape index (κ2) is 6.12. The van der Waals surface area contributed by atoms with Gasteiger partial charge in [0, 0.05) is 37.6 Å². The van der Waals surface area contributed by atoms with Crippen LogP contribution >= 0.6 is 0 Å². The van der Waals surface area contributed by atoms with Gasteiger partial charge >= 0.3 is 0 Å². The molecule has 2 N–H and O–H groups in total. The molecular formula is C14H22N2O. The summed E-state index contributed by atoms with van der Waals surface area (Å²) < 4.78 is 5.08. The summed E-state index contributed by atoms with van der Waals surface area (Å²) >= 11 is 0. The molecule has 0 bridgehead atoms. The highest BCUT2D eigenvalue weighted by Crippen LogP contribution is 2.32. The Morgan fingerprint density at radius 3 is 3.29 bits per heavy atom. The summed E-state index contributed by atoms with van der Waals surface area (Å²) in [6.07, 6.45) is 7.52. The van der Waals surface area contributed by atoms with E-state index in [-0.39, 0.29) is 6.04 Å². The zero-order valence-corrected chi connectivity index (χ0v) is 10.6. The van der Waals surface area contributed by atoms with Crippen LogP contribution in [0.15, 0.2) is 18.3 Å². The van der Waals surface area contributed by atoms with Crippen molar-refractivity contribution in [3.63, 3.8) is 0 Å². The minimum Gasteiger partial charge on any atom is -0.385 e. The minimum atomic E-state index is 0.221. The topological polar surface area (TPSA) is 48.1 Å². The summed E-state index contributed by atoms with van der Waals surface area (Å²) in [4.78, 5) is 4.54. The number of nitrogens with two attached hydrogens (primary N) is 1. The zero-order valence-electron chi connectivity index (χ0n) is 10.6. The minimum absolute atomic E-state index is 0.221. The lowest BCUT2D eigenvalue weighted by atomic mass is 9.81. The van der Waals surface area contributed by atoms with E-state index in [1.165, 1.54) is 24.1 Å². The second-order valence-corrected chi connectivity index (χ2v) is 4.85. The molecule has 1 heterocycles. The van der Waals surface area contributed by atoms with Gasteiger partial charge in [0.05, 0.1) is 0 Å². The fourth-order valence-electron chi connectivity index (χ4n) is 2.73. The molecule has 3 heteroatoms. The first-order valence-electron chi connectivity index (χ1n) is 6.51. The first-order chi connectivity index (χ1) is 8.33. The van der Waals surface area contributed by atoms with Crippen molar-refractivity contribution in [3.8, 4) is 0 Å². The third-order valence-electron chi connectivity index (χ3n) is 3.64. The van der Waals surface area contributed by atoms with Gasteiger partial charge in [-0.3, -0.25) is 4.98 Å². The molecule has 0 saturated heterocycles. The van der Waals surface area contributed by atoms with Crippen molar-refractivity contribution in [2.24, 2.45) is 5.73 Å². The Morgan fingerprint density at radius 1 is 1.59 bits per heavy atom. The maximum absolute atomic E-state index is 6.31. The molecule has 1 aliphatic rings. The number of aromatic nitrogens is 1. The highest BCUT2D eigenvalue weighted by Gasteiger charge is 2.26. The van der Waals surface area contributed by atoms with E-state index in [9.17, 15) is 0 Å². The van der Waals surface area contributed by atoms with Crippen molar-refractivity contribution < 1.29 is 4.74 Å². The van der Waals surface area contributed by atoms with E-state index >= 15 is 0 Å². The number of fused-ring (bicyclic) bond motifs is 1. The summed E-state index contributed by atoms with van der Waals surface area (Å²) in [7, 11) is 1.74. The van der Waals surface area contributed by atoms with Gasteiger partial charge in [-0.2, -0.15) is 0 Å². The fraction of sp³-hybridized carbons (Fsp3) is 0.643. The van der Waals surface area contributed by atoms with Crippen molar-refractivity contribution in [2.45, 2.75) is 44.1 Å². The Kier molecular flexibility index (Phi) is 4.51. The molecule has 0 aromatic carbocycles. The van der Waals surface area contributed by atoms with Gasteiger partial charge in [0.25, 0.3) is 0 Å². The van der Waals surface area contributed by atoms with Crippen LogP contribution in [0, 0.1) is 0 Å². The van der Waals surface area contributed by atoms with Gasteiger partial charge in [-0.15, -0.1) is 0 Å². The number of pyridine rings is 1. The van der Waals surface area contributed by atoms with Crippen molar-refractivity contribution in [1.29, 1.82) is 0 Å². The SMILES string of the molecule is COCCCC(N)C1CCCc2cccnc21. The maximum Gasteiger partial charge on any atom is 0.0481 e. The number of hydrogen-bond donors (Lipinski definition) is 1. The summed E-state index contributed by atoms with van der Waals surface area (Å²) in [5.41, 5.74) is 8.94. The molecule has 0 aliphatic heterocycles. The van der Waals surface area contributed by atoms with Crippen LogP contribution in [0.4, 0.5) is 0 Å². The highest BCUT2D eigenvalue weighted by molar-refractivity contribution is 5.27. The Balaban J connectivity index is 2.02. The van der Waals surface area contributed by atoms with Crippen LogP contribution in [0.1, 0.15) is 42.9 Å². The van der Waals surface area contributed by atoms with E-state index in [2.05, 4.69) is 11.1 Å². The molecule has 2 unspecified atom stereocenters. The van der Waals surface area contributed by atoms with Gasteiger partial charge in [-0.05, 0) is 43.7 Å². The van der Waals surface area contributed by atoms with Crippen molar-refractivity contribution in [3.05, 3.63) is 29.6 Å². The fourth-order valence-corrected chi connectivity index (χ4v) is 2.73. The first kappa shape index (κ1) is 12.5. The predicted octanol–water partition coefficient (Wildman–Crippen LogP) is 2.26. The third kappa shape index (κ3) is 3.05. The number of methoxy groups -OCH3 is 1. The molecule has 0 amide bonds. The average Bonchev–Trinajstić information content (AvgIpc) is 2.38. The summed E-state index contributed by atoms with van der Waals surface area (Å²) in [6.45, 7) is 0.801. The molecule has 1 aromatic rings. The van der Waals surface area contributed by atoms with Crippen LogP contribution in [0.2, 0.25) is 0 Å². The molecule has 3 nitrogen and oxygen atoms in total. The van der Waals surface area contributed by atoms with E-state index in [0.29, 0.717) is 5.92 Å². The molecule has 2 atom stereocenters. The van der Waals surface area contributed by atoms with Gasteiger partial charge < -0.3 is 10.5 Å². The normalized spacial score (nSPS) is 20.9. The lowest BCUT2D eigenvalue weighted by Crippen LogP contribution is -2.31. The van der Waals surface area contributed by atoms with E-state index < -0.39 is 0 Å². The molecule has 0 saturated carbocycles. The number of rotatable bonds is 5. The summed E-state index contributed by atoms with van der Waals surface area (Å²) in [5, 5.41) is 0. The van der Waals surface area contributed by atoms with E-state index in [4.69, 9.17) is 10.5 Å². The van der Waals surface area contributed by atoms with Crippen molar-refractivity contribution in [1.82, 2.24) is 4.98 Å². The molecule has 0 radical (unpaired) electrons. The van der Waals surface area contributed by atoms with Gasteiger partial charge in [-0.1, -0.05) is 6.07 Å². The Bertz CT molecular complexity index is 354. The number of nitrogens with zero attached hydrogens (tertiary/aromatic N) is 1. The lowest BCUT2D eigenvalue weighted by molar-refractivity contribution is 0.188. The smallest absolute Gasteiger partial charge is 0.0481 e. The summed E-state index contributed by atoms with van der Waals surface area (Å²) in [6, 6.07) is 4.44. The number of ether oxygens (including phenoxy) is 1. The van der Waals surface area contributed by atoms with Crippen molar-refractivity contribution >= 4 is 0 Å². The van der Waals surface area contributed by atoms with Gasteiger partial charge in [0.1, 0.15) is 0 Å². The summed E-state index contributed by atoms with van der Waals surface area (Å²) in [5.74, 6) is 0.441. The van der Waals surface area contributed by atoms with Crippen LogP contribution in [0.25, 0.3) is 0 Å². The van der Waals surface area contributed by atoms with Gasteiger partial charge in [0.2, 0.25) is 0 Å². The van der Waals surface area contributed by atoms with Gasteiger partial charge in [-0.25, -0.2) is 0 Å². The van der Waals surface area contributed by atoms with E-state index in [0.717, 1.165) is 25.9 Å². The van der Waals surface area contributed by atoms with Crippen LogP contribution in [0.3, 0.4) is 0 Å². The molecule has 1 aromatic heterocycles. The van der Waals surface area contributed by atoms with Crippen molar-refractivity contribution in [2.75, 3.05) is 13.7 Å². The number of aryl methyl sites for hydroxylation is 1. The molecule has 2 rings (SSSR count). The third-order valence-corrected chi connectivity index (χ3v) is 3.64. The highest BCUT2D eigenvalue weighted by atomic mass is 16.5. The van der Waals surface area contributed by atoms with Crippen LogP contribution in [-0.4, -0.2) is 24.7 Å². The zero-order chi connectivity index (χ0) is 12.1. The second-order valence-electron chi connectivity index (χ2n) is 4.85. The standard InChI is InChI=1S/C14H22N2O/c1-17-10-4-8-13(15)12-7-2-5-11-6-3-9-16-14(11)12/h3,6,9,12-13H,2,4-5,7-8,10,15H2,1H3. The largest absolute Gasteiger partial charge is 0.385 e. The lowest BCUT2D eigenvalue weighted by Gasteiger charge is -2.29. The molecular weight excluding hydrogens is 212 g/mol. The first-order valence-corrected chi connectivity index (χ1v) is 6.51. The Labute approximate surface area is 103 Å². The Morgan fingerprint density at radius 2 is 2.47 bits per heavy atom. The molecule has 0 fully saturated rings. The molecule has 94 valence electrons. The monoisotopic (exact) mass is 234 g/mol. The predicted molar refractivity (Wildman–Crippen MR) is 69.0 cm³/mol.